The molecule has 0 saturated carbocycles. The standard InChI is InChI=1S/C32H38N2O6/c1-6-34(20-23-10-7-8-11-27(23)37-3)19-9-18-33(2)25-15-12-22(13-16-25)30-32(39-5)28(36)26-17-14-24(21-35)29(38-4)31(26)40-30/h7-8,10-17,35H,6,9,18-21H2,1-5H3. The fraction of sp³-hybridized carbons (Fsp3) is 0.344. The highest BCUT2D eigenvalue weighted by Crippen LogP contribution is 2.36. The first-order valence-electron chi connectivity index (χ1n) is 13.4. The van der Waals surface area contributed by atoms with Crippen molar-refractivity contribution in [1.29, 1.82) is 0 Å². The molecule has 4 aromatic rings. The molecule has 0 radical (unpaired) electrons. The summed E-state index contributed by atoms with van der Waals surface area (Å²) in [7, 11) is 6.73. The largest absolute Gasteiger partial charge is 0.496 e. The summed E-state index contributed by atoms with van der Waals surface area (Å²) in [5.41, 5.74) is 3.48. The summed E-state index contributed by atoms with van der Waals surface area (Å²) >= 11 is 0. The van der Waals surface area contributed by atoms with Crippen LogP contribution in [0.25, 0.3) is 22.3 Å². The van der Waals surface area contributed by atoms with Gasteiger partial charge in [-0.05, 0) is 49.4 Å². The SMILES string of the molecule is CCN(CCCN(C)c1ccc(-c2oc3c(OC)c(CO)ccc3c(=O)c2OC)cc1)Cc1ccccc1OC. The second-order valence-corrected chi connectivity index (χ2v) is 9.59. The number of hydrogen-bond acceptors (Lipinski definition) is 8. The summed E-state index contributed by atoms with van der Waals surface area (Å²) < 4.78 is 22.7. The Morgan fingerprint density at radius 2 is 1.57 bits per heavy atom. The van der Waals surface area contributed by atoms with Crippen LogP contribution < -0.4 is 24.5 Å². The van der Waals surface area contributed by atoms with Crippen molar-refractivity contribution in [1.82, 2.24) is 4.90 Å². The Morgan fingerprint density at radius 3 is 2.23 bits per heavy atom. The van der Waals surface area contributed by atoms with Crippen LogP contribution in [0.5, 0.6) is 17.2 Å². The number of anilines is 1. The number of aliphatic hydroxyl groups is 1. The molecule has 1 heterocycles. The van der Waals surface area contributed by atoms with Gasteiger partial charge in [0, 0.05) is 49.1 Å². The number of ether oxygens (including phenoxy) is 3. The van der Waals surface area contributed by atoms with Crippen LogP contribution in [-0.2, 0) is 13.2 Å². The number of para-hydroxylation sites is 1. The third-order valence-corrected chi connectivity index (χ3v) is 7.21. The summed E-state index contributed by atoms with van der Waals surface area (Å²) in [5.74, 6) is 1.70. The maximum absolute atomic E-state index is 13.2. The van der Waals surface area contributed by atoms with Gasteiger partial charge < -0.3 is 28.6 Å². The number of aliphatic hydroxyl groups excluding tert-OH is 1. The molecular formula is C32H38N2O6. The van der Waals surface area contributed by atoms with Gasteiger partial charge in [-0.15, -0.1) is 0 Å². The fourth-order valence-corrected chi connectivity index (χ4v) is 4.93. The van der Waals surface area contributed by atoms with Gasteiger partial charge in [-0.3, -0.25) is 9.69 Å². The summed E-state index contributed by atoms with van der Waals surface area (Å²) in [4.78, 5) is 17.9. The van der Waals surface area contributed by atoms with Gasteiger partial charge in [0.05, 0.1) is 33.3 Å². The number of methoxy groups -OCH3 is 3. The minimum atomic E-state index is -0.295. The molecular weight excluding hydrogens is 508 g/mol. The third kappa shape index (κ3) is 6.08. The van der Waals surface area contributed by atoms with Gasteiger partial charge in [-0.2, -0.15) is 0 Å². The monoisotopic (exact) mass is 546 g/mol. The van der Waals surface area contributed by atoms with Gasteiger partial charge in [-0.1, -0.05) is 31.2 Å². The van der Waals surface area contributed by atoms with E-state index in [-0.39, 0.29) is 23.4 Å². The predicted molar refractivity (Wildman–Crippen MR) is 159 cm³/mol. The van der Waals surface area contributed by atoms with E-state index >= 15 is 0 Å². The zero-order valence-corrected chi connectivity index (χ0v) is 23.9. The van der Waals surface area contributed by atoms with E-state index in [2.05, 4.69) is 29.8 Å². The lowest BCUT2D eigenvalue weighted by Gasteiger charge is -2.24. The lowest BCUT2D eigenvalue weighted by atomic mass is 10.1. The average molecular weight is 547 g/mol. The summed E-state index contributed by atoms with van der Waals surface area (Å²) in [6.45, 7) is 5.60. The first-order valence-corrected chi connectivity index (χ1v) is 13.4. The number of nitrogens with zero attached hydrogens (tertiary/aromatic N) is 2. The average Bonchev–Trinajstić information content (AvgIpc) is 2.99. The summed E-state index contributed by atoms with van der Waals surface area (Å²) in [6, 6.07) is 19.3. The van der Waals surface area contributed by atoms with Crippen LogP contribution in [0.4, 0.5) is 5.69 Å². The molecule has 1 N–H and O–H groups in total. The molecule has 0 fully saturated rings. The predicted octanol–water partition coefficient (Wildman–Crippen LogP) is 5.33. The first-order chi connectivity index (χ1) is 19.4. The van der Waals surface area contributed by atoms with Gasteiger partial charge in [0.25, 0.3) is 0 Å². The molecule has 0 spiro atoms. The molecule has 8 heteroatoms. The lowest BCUT2D eigenvalue weighted by molar-refractivity contribution is 0.272. The molecule has 0 aliphatic rings. The normalized spacial score (nSPS) is 11.2. The van der Waals surface area contributed by atoms with Crippen LogP contribution in [-0.4, -0.2) is 58.0 Å². The van der Waals surface area contributed by atoms with Crippen molar-refractivity contribution < 1.29 is 23.7 Å². The maximum Gasteiger partial charge on any atom is 0.235 e. The Bertz CT molecular complexity index is 1480. The second-order valence-electron chi connectivity index (χ2n) is 9.59. The fourth-order valence-electron chi connectivity index (χ4n) is 4.93. The molecule has 0 aliphatic carbocycles. The Hall–Kier alpha value is -4.01. The van der Waals surface area contributed by atoms with Crippen molar-refractivity contribution in [2.24, 2.45) is 0 Å². The molecule has 0 amide bonds. The van der Waals surface area contributed by atoms with Crippen LogP contribution in [0.1, 0.15) is 24.5 Å². The maximum atomic E-state index is 13.2. The smallest absolute Gasteiger partial charge is 0.235 e. The van der Waals surface area contributed by atoms with Crippen molar-refractivity contribution in [3.05, 3.63) is 82.0 Å². The van der Waals surface area contributed by atoms with E-state index in [0.717, 1.165) is 44.0 Å². The zero-order chi connectivity index (χ0) is 28.6. The van der Waals surface area contributed by atoms with E-state index in [1.165, 1.54) is 19.8 Å². The number of hydrogen-bond donors (Lipinski definition) is 1. The van der Waals surface area contributed by atoms with Crippen molar-refractivity contribution in [3.8, 4) is 28.6 Å². The molecule has 40 heavy (non-hydrogen) atoms. The quantitative estimate of drug-likeness (QED) is 0.241. The van der Waals surface area contributed by atoms with E-state index in [1.807, 2.05) is 42.5 Å². The molecule has 0 bridgehead atoms. The Kier molecular flexibility index (Phi) is 9.69. The third-order valence-electron chi connectivity index (χ3n) is 7.21. The Labute approximate surface area is 235 Å². The van der Waals surface area contributed by atoms with Crippen molar-refractivity contribution in [2.45, 2.75) is 26.5 Å². The van der Waals surface area contributed by atoms with Crippen molar-refractivity contribution in [2.75, 3.05) is 52.9 Å². The van der Waals surface area contributed by atoms with Gasteiger partial charge in [0.1, 0.15) is 5.75 Å². The van der Waals surface area contributed by atoms with Crippen LogP contribution in [0.3, 0.4) is 0 Å². The Balaban J connectivity index is 1.49. The van der Waals surface area contributed by atoms with E-state index in [1.54, 1.807) is 19.2 Å². The van der Waals surface area contributed by atoms with E-state index in [9.17, 15) is 9.90 Å². The topological polar surface area (TPSA) is 84.6 Å². The molecule has 0 atom stereocenters. The molecule has 3 aromatic carbocycles. The number of benzene rings is 3. The molecule has 1 aromatic heterocycles. The zero-order valence-electron chi connectivity index (χ0n) is 23.9. The summed E-state index contributed by atoms with van der Waals surface area (Å²) in [6.07, 6.45) is 1.00. The number of rotatable bonds is 13. The van der Waals surface area contributed by atoms with Gasteiger partial charge in [0.2, 0.25) is 11.2 Å². The Morgan fingerprint density at radius 1 is 0.850 bits per heavy atom. The highest BCUT2D eigenvalue weighted by Gasteiger charge is 2.21. The number of fused-ring (bicyclic) bond motifs is 1. The molecule has 212 valence electrons. The van der Waals surface area contributed by atoms with Crippen LogP contribution in [0, 0.1) is 0 Å². The highest BCUT2D eigenvalue weighted by molar-refractivity contribution is 5.87. The van der Waals surface area contributed by atoms with Crippen LogP contribution in [0.2, 0.25) is 0 Å². The molecule has 4 rings (SSSR count). The summed E-state index contributed by atoms with van der Waals surface area (Å²) in [5, 5.41) is 10.0. The molecule has 0 aliphatic heterocycles. The highest BCUT2D eigenvalue weighted by atomic mass is 16.5. The molecule has 8 nitrogen and oxygen atoms in total. The van der Waals surface area contributed by atoms with Gasteiger partial charge in [-0.25, -0.2) is 0 Å². The van der Waals surface area contributed by atoms with Crippen LogP contribution >= 0.6 is 0 Å². The van der Waals surface area contributed by atoms with E-state index in [0.29, 0.717) is 28.0 Å². The minimum absolute atomic E-state index is 0.127. The van der Waals surface area contributed by atoms with E-state index in [4.69, 9.17) is 18.6 Å². The van der Waals surface area contributed by atoms with Crippen LogP contribution in [0.15, 0.2) is 69.9 Å². The van der Waals surface area contributed by atoms with Crippen molar-refractivity contribution in [3.63, 3.8) is 0 Å². The lowest BCUT2D eigenvalue weighted by Crippen LogP contribution is -2.28. The minimum Gasteiger partial charge on any atom is -0.496 e. The van der Waals surface area contributed by atoms with Crippen molar-refractivity contribution >= 4 is 16.7 Å². The van der Waals surface area contributed by atoms with Gasteiger partial charge in [0.15, 0.2) is 17.1 Å². The molecule has 0 unspecified atom stereocenters. The molecule has 0 saturated heterocycles. The first kappa shape index (κ1) is 29.0. The van der Waals surface area contributed by atoms with Gasteiger partial charge >= 0.3 is 0 Å². The van der Waals surface area contributed by atoms with E-state index < -0.39 is 0 Å². The second kappa shape index (κ2) is 13.4.